The lowest BCUT2D eigenvalue weighted by molar-refractivity contribution is -0.143. The lowest BCUT2D eigenvalue weighted by Gasteiger charge is -2.30. The lowest BCUT2D eigenvalue weighted by atomic mass is 10.1. The zero-order valence-corrected chi connectivity index (χ0v) is 9.93. The Kier molecular flexibility index (Phi) is 4.06. The van der Waals surface area contributed by atoms with Gasteiger partial charge in [-0.1, -0.05) is 0 Å². The van der Waals surface area contributed by atoms with Crippen molar-refractivity contribution < 1.29 is 9.53 Å². The van der Waals surface area contributed by atoms with Gasteiger partial charge in [0.25, 0.3) is 5.91 Å². The summed E-state index contributed by atoms with van der Waals surface area (Å²) >= 11 is 0. The molecule has 5 nitrogen and oxygen atoms in total. The van der Waals surface area contributed by atoms with Gasteiger partial charge in [0.05, 0.1) is 0 Å². The van der Waals surface area contributed by atoms with E-state index in [4.69, 9.17) is 4.74 Å². The van der Waals surface area contributed by atoms with Gasteiger partial charge in [-0.05, 0) is 17.7 Å². The number of pyridine rings is 1. The smallest absolute Gasteiger partial charge is 0.256 e. The van der Waals surface area contributed by atoms with Crippen LogP contribution in [0.25, 0.3) is 0 Å². The minimum Gasteiger partial charge on any atom is -0.367 e. The quantitative estimate of drug-likeness (QED) is 0.813. The number of aromatic nitrogens is 1. The summed E-state index contributed by atoms with van der Waals surface area (Å²) < 4.78 is 5.31. The highest BCUT2D eigenvalue weighted by Crippen LogP contribution is 2.18. The van der Waals surface area contributed by atoms with Gasteiger partial charge in [-0.15, -0.1) is 0 Å². The molecule has 92 valence electrons. The molecule has 17 heavy (non-hydrogen) atoms. The molecule has 5 heteroatoms. The third-order valence-electron chi connectivity index (χ3n) is 2.90. The van der Waals surface area contributed by atoms with Crippen LogP contribution in [0.1, 0.15) is 11.7 Å². The molecule has 1 aromatic heterocycles. The summed E-state index contributed by atoms with van der Waals surface area (Å²) in [6, 6.07) is 3.63. The van der Waals surface area contributed by atoms with E-state index < -0.39 is 6.10 Å². The first-order valence-electron chi connectivity index (χ1n) is 5.75. The van der Waals surface area contributed by atoms with Crippen LogP contribution in [-0.2, 0) is 9.53 Å². The maximum absolute atomic E-state index is 12.3. The second-order valence-corrected chi connectivity index (χ2v) is 3.97. The van der Waals surface area contributed by atoms with Gasteiger partial charge in [-0.2, -0.15) is 0 Å². The van der Waals surface area contributed by atoms with Gasteiger partial charge < -0.3 is 15.0 Å². The summed E-state index contributed by atoms with van der Waals surface area (Å²) in [5.74, 6) is 0.0280. The van der Waals surface area contributed by atoms with E-state index >= 15 is 0 Å². The molecular weight excluding hydrogens is 218 g/mol. The standard InChI is InChI=1S/C12H17N3O2/c1-17-11(10-2-4-13-5-3-10)12(16)15-8-6-14-7-9-15/h2-5,11,14H,6-9H2,1H3. The average molecular weight is 235 g/mol. The maximum Gasteiger partial charge on any atom is 0.256 e. The zero-order valence-electron chi connectivity index (χ0n) is 9.93. The number of carbonyl (C=O) groups is 1. The van der Waals surface area contributed by atoms with E-state index in [-0.39, 0.29) is 5.91 Å². The molecule has 0 spiro atoms. The van der Waals surface area contributed by atoms with Crippen LogP contribution in [0.5, 0.6) is 0 Å². The minimum atomic E-state index is -0.518. The third-order valence-corrected chi connectivity index (χ3v) is 2.90. The molecule has 2 heterocycles. The Bertz CT molecular complexity index is 363. The normalized spacial score (nSPS) is 17.8. The van der Waals surface area contributed by atoms with Crippen molar-refractivity contribution in [3.8, 4) is 0 Å². The number of nitrogens with zero attached hydrogens (tertiary/aromatic N) is 2. The van der Waals surface area contributed by atoms with Gasteiger partial charge >= 0.3 is 0 Å². The van der Waals surface area contributed by atoms with E-state index in [1.165, 1.54) is 0 Å². The van der Waals surface area contributed by atoms with Crippen molar-refractivity contribution in [2.45, 2.75) is 6.10 Å². The van der Waals surface area contributed by atoms with Crippen molar-refractivity contribution in [3.63, 3.8) is 0 Å². The number of piperazine rings is 1. The Balaban J connectivity index is 2.10. The summed E-state index contributed by atoms with van der Waals surface area (Å²) in [4.78, 5) is 18.1. The van der Waals surface area contributed by atoms with Crippen LogP contribution in [0.4, 0.5) is 0 Å². The van der Waals surface area contributed by atoms with E-state index in [0.717, 1.165) is 31.7 Å². The summed E-state index contributed by atoms with van der Waals surface area (Å²) in [7, 11) is 1.56. The topological polar surface area (TPSA) is 54.5 Å². The van der Waals surface area contributed by atoms with E-state index in [9.17, 15) is 4.79 Å². The van der Waals surface area contributed by atoms with Crippen LogP contribution in [0.15, 0.2) is 24.5 Å². The fraction of sp³-hybridized carbons (Fsp3) is 0.500. The number of methoxy groups -OCH3 is 1. The molecule has 1 N–H and O–H groups in total. The van der Waals surface area contributed by atoms with Crippen molar-refractivity contribution in [3.05, 3.63) is 30.1 Å². The van der Waals surface area contributed by atoms with Crippen molar-refractivity contribution in [2.24, 2.45) is 0 Å². The second kappa shape index (κ2) is 5.75. The molecule has 1 unspecified atom stereocenters. The number of hydrogen-bond donors (Lipinski definition) is 1. The Labute approximate surface area is 101 Å². The predicted octanol–water partition coefficient (Wildman–Crippen LogP) is 0.201. The summed E-state index contributed by atoms with van der Waals surface area (Å²) in [6.07, 6.45) is 2.83. The number of ether oxygens (including phenoxy) is 1. The number of amides is 1. The van der Waals surface area contributed by atoms with Gasteiger partial charge in [-0.25, -0.2) is 0 Å². The summed E-state index contributed by atoms with van der Waals surface area (Å²) in [6.45, 7) is 3.17. The monoisotopic (exact) mass is 235 g/mol. The fourth-order valence-corrected chi connectivity index (χ4v) is 1.97. The molecule has 1 aliphatic heterocycles. The largest absolute Gasteiger partial charge is 0.367 e. The molecule has 1 amide bonds. The molecule has 0 radical (unpaired) electrons. The number of rotatable bonds is 3. The predicted molar refractivity (Wildman–Crippen MR) is 63.4 cm³/mol. The van der Waals surface area contributed by atoms with Crippen LogP contribution in [0.3, 0.4) is 0 Å². The van der Waals surface area contributed by atoms with Crippen LogP contribution < -0.4 is 5.32 Å². The SMILES string of the molecule is COC(C(=O)N1CCNCC1)c1ccncc1. The molecule has 1 aromatic rings. The van der Waals surface area contributed by atoms with Crippen molar-refractivity contribution in [1.82, 2.24) is 15.2 Å². The second-order valence-electron chi connectivity index (χ2n) is 3.97. The first-order chi connectivity index (χ1) is 8.33. The molecule has 1 fully saturated rings. The van der Waals surface area contributed by atoms with Gasteiger partial charge in [0.1, 0.15) is 0 Å². The number of hydrogen-bond acceptors (Lipinski definition) is 4. The van der Waals surface area contributed by atoms with Gasteiger partial charge in [-0.3, -0.25) is 9.78 Å². The summed E-state index contributed by atoms with van der Waals surface area (Å²) in [5, 5.41) is 3.22. The van der Waals surface area contributed by atoms with Gasteiger partial charge in [0.15, 0.2) is 6.10 Å². The third kappa shape index (κ3) is 2.81. The van der Waals surface area contributed by atoms with Crippen LogP contribution in [0.2, 0.25) is 0 Å². The highest BCUT2D eigenvalue weighted by atomic mass is 16.5. The minimum absolute atomic E-state index is 0.0280. The molecule has 0 aromatic carbocycles. The highest BCUT2D eigenvalue weighted by Gasteiger charge is 2.26. The molecule has 2 rings (SSSR count). The number of carbonyl (C=O) groups excluding carboxylic acids is 1. The Morgan fingerprint density at radius 1 is 1.41 bits per heavy atom. The van der Waals surface area contributed by atoms with E-state index in [1.54, 1.807) is 19.5 Å². The number of nitrogens with one attached hydrogen (secondary N) is 1. The van der Waals surface area contributed by atoms with E-state index in [2.05, 4.69) is 10.3 Å². The van der Waals surface area contributed by atoms with Crippen molar-refractivity contribution >= 4 is 5.91 Å². The average Bonchev–Trinajstić information content (AvgIpc) is 2.42. The Hall–Kier alpha value is -1.46. The molecule has 1 saturated heterocycles. The fourth-order valence-electron chi connectivity index (χ4n) is 1.97. The maximum atomic E-state index is 12.3. The molecular formula is C12H17N3O2. The summed E-state index contributed by atoms with van der Waals surface area (Å²) in [5.41, 5.74) is 0.853. The van der Waals surface area contributed by atoms with Crippen LogP contribution >= 0.6 is 0 Å². The van der Waals surface area contributed by atoms with Gasteiger partial charge in [0, 0.05) is 45.7 Å². The molecule has 0 aliphatic carbocycles. The van der Waals surface area contributed by atoms with Crippen molar-refractivity contribution in [2.75, 3.05) is 33.3 Å². The van der Waals surface area contributed by atoms with E-state index in [0.29, 0.717) is 0 Å². The Morgan fingerprint density at radius 2 is 2.06 bits per heavy atom. The first kappa shape index (κ1) is 12.0. The molecule has 1 atom stereocenters. The van der Waals surface area contributed by atoms with E-state index in [1.807, 2.05) is 17.0 Å². The molecule has 0 saturated carbocycles. The molecule has 1 aliphatic rings. The van der Waals surface area contributed by atoms with Crippen LogP contribution in [-0.4, -0.2) is 49.1 Å². The van der Waals surface area contributed by atoms with Gasteiger partial charge in [0.2, 0.25) is 0 Å². The molecule has 0 bridgehead atoms. The zero-order chi connectivity index (χ0) is 12.1. The van der Waals surface area contributed by atoms with Crippen molar-refractivity contribution in [1.29, 1.82) is 0 Å². The van der Waals surface area contributed by atoms with Crippen LogP contribution in [0, 0.1) is 0 Å². The lowest BCUT2D eigenvalue weighted by Crippen LogP contribution is -2.48. The highest BCUT2D eigenvalue weighted by molar-refractivity contribution is 5.82. The Morgan fingerprint density at radius 3 is 2.65 bits per heavy atom. The first-order valence-corrected chi connectivity index (χ1v) is 5.75.